The van der Waals surface area contributed by atoms with Crippen LogP contribution in [0, 0.1) is 0 Å². The van der Waals surface area contributed by atoms with Gasteiger partial charge in [-0.2, -0.15) is 0 Å². The Bertz CT molecular complexity index is 1070. The smallest absolute Gasteiger partial charge is 0.245 e. The van der Waals surface area contributed by atoms with E-state index in [2.05, 4.69) is 33.4 Å². The van der Waals surface area contributed by atoms with E-state index in [0.29, 0.717) is 0 Å². The van der Waals surface area contributed by atoms with Gasteiger partial charge in [-0.1, -0.05) is 61.1 Å². The van der Waals surface area contributed by atoms with Crippen LogP contribution in [0.25, 0.3) is 0 Å². The van der Waals surface area contributed by atoms with Crippen LogP contribution in [0.2, 0.25) is 0 Å². The molecular formula is C31H44N4O6. The van der Waals surface area contributed by atoms with Crippen LogP contribution >= 0.6 is 0 Å². The summed E-state index contributed by atoms with van der Waals surface area (Å²) in [6, 6.07) is 7.42. The summed E-state index contributed by atoms with van der Waals surface area (Å²) in [4.78, 5) is 50.0. The number of aliphatic hydroxyl groups excluding tert-OH is 2. The highest BCUT2D eigenvalue weighted by Gasteiger charge is 2.31. The Labute approximate surface area is 242 Å². The van der Waals surface area contributed by atoms with E-state index in [0.717, 1.165) is 32.1 Å². The molecule has 1 aromatic carbocycles. The fourth-order valence-electron chi connectivity index (χ4n) is 4.25. The first-order valence-electron chi connectivity index (χ1n) is 14.3. The molecule has 0 aromatic heterocycles. The molecule has 0 radical (unpaired) electrons. The van der Waals surface area contributed by atoms with Gasteiger partial charge in [-0.25, -0.2) is 0 Å². The number of unbranched alkanes of at least 4 members (excludes halogenated alkanes) is 3. The number of allylic oxidation sites excluding steroid dienone is 3. The van der Waals surface area contributed by atoms with Gasteiger partial charge < -0.3 is 31.5 Å². The van der Waals surface area contributed by atoms with Crippen LogP contribution in [0.3, 0.4) is 0 Å². The molecule has 10 heteroatoms. The van der Waals surface area contributed by atoms with Gasteiger partial charge in [-0.15, -0.1) is 0 Å². The lowest BCUT2D eigenvalue weighted by atomic mass is 10.0. The Morgan fingerprint density at radius 1 is 1.12 bits per heavy atom. The van der Waals surface area contributed by atoms with Gasteiger partial charge in [0.15, 0.2) is 0 Å². The first-order chi connectivity index (χ1) is 19.7. The third-order valence-corrected chi connectivity index (χ3v) is 6.56. The molecular weight excluding hydrogens is 524 g/mol. The highest BCUT2D eigenvalue weighted by Crippen LogP contribution is 2.08. The van der Waals surface area contributed by atoms with E-state index in [-0.39, 0.29) is 25.3 Å². The maximum Gasteiger partial charge on any atom is 0.245 e. The van der Waals surface area contributed by atoms with E-state index in [9.17, 15) is 29.4 Å². The molecule has 5 atom stereocenters. The van der Waals surface area contributed by atoms with Crippen molar-refractivity contribution < 1.29 is 29.4 Å². The van der Waals surface area contributed by atoms with Crippen LogP contribution in [0.1, 0.15) is 57.9 Å². The SMILES string of the molecule is C[C@H]1/C=C\C(=O)NCC[C@H](O)C[C@H](NC(=O)[C@@H](NC(=O)/C=C/C=C/CCCCCc2ccccc2)[C@@H](C)O)C(=O)N1. The van der Waals surface area contributed by atoms with Crippen LogP contribution in [0.15, 0.2) is 66.8 Å². The van der Waals surface area contributed by atoms with Gasteiger partial charge in [-0.3, -0.25) is 19.2 Å². The van der Waals surface area contributed by atoms with Crippen LogP contribution < -0.4 is 21.3 Å². The predicted octanol–water partition coefficient (Wildman–Crippen LogP) is 1.58. The molecule has 2 rings (SSSR count). The van der Waals surface area contributed by atoms with Crippen LogP contribution in [-0.4, -0.2) is 70.7 Å². The van der Waals surface area contributed by atoms with Gasteiger partial charge in [0.05, 0.1) is 12.2 Å². The second-order valence-electron chi connectivity index (χ2n) is 10.3. The summed E-state index contributed by atoms with van der Waals surface area (Å²) >= 11 is 0. The lowest BCUT2D eigenvalue weighted by molar-refractivity contribution is -0.134. The largest absolute Gasteiger partial charge is 0.393 e. The summed E-state index contributed by atoms with van der Waals surface area (Å²) < 4.78 is 0. The van der Waals surface area contributed by atoms with E-state index in [1.54, 1.807) is 19.1 Å². The van der Waals surface area contributed by atoms with Crippen molar-refractivity contribution in [2.75, 3.05) is 6.54 Å². The van der Waals surface area contributed by atoms with Crippen molar-refractivity contribution >= 4 is 23.6 Å². The molecule has 10 nitrogen and oxygen atoms in total. The van der Waals surface area contributed by atoms with E-state index in [1.807, 2.05) is 24.3 Å². The molecule has 0 saturated heterocycles. The molecule has 0 fully saturated rings. The third kappa shape index (κ3) is 13.9. The maximum atomic E-state index is 13.0. The number of aliphatic hydroxyl groups is 2. The van der Waals surface area contributed by atoms with Crippen molar-refractivity contribution in [3.05, 3.63) is 72.4 Å². The zero-order chi connectivity index (χ0) is 30.0. The first kappa shape index (κ1) is 33.4. The second kappa shape index (κ2) is 18.6. The number of benzene rings is 1. The monoisotopic (exact) mass is 568 g/mol. The molecule has 41 heavy (non-hydrogen) atoms. The van der Waals surface area contributed by atoms with Crippen molar-refractivity contribution in [1.82, 2.24) is 21.3 Å². The Morgan fingerprint density at radius 3 is 2.61 bits per heavy atom. The topological polar surface area (TPSA) is 157 Å². The first-order valence-corrected chi connectivity index (χ1v) is 14.3. The number of carbonyl (C=O) groups is 4. The Hall–Kier alpha value is -3.76. The van der Waals surface area contributed by atoms with Crippen LogP contribution in [-0.2, 0) is 25.6 Å². The van der Waals surface area contributed by atoms with Crippen molar-refractivity contribution in [1.29, 1.82) is 0 Å². The minimum absolute atomic E-state index is 0.110. The highest BCUT2D eigenvalue weighted by molar-refractivity contribution is 5.95. The quantitative estimate of drug-likeness (QED) is 0.128. The third-order valence-electron chi connectivity index (χ3n) is 6.56. The number of rotatable bonds is 12. The van der Waals surface area contributed by atoms with Crippen molar-refractivity contribution in [2.45, 2.75) is 89.1 Å². The van der Waals surface area contributed by atoms with Gasteiger partial charge in [0.1, 0.15) is 12.1 Å². The summed E-state index contributed by atoms with van der Waals surface area (Å²) in [6.07, 6.45) is 12.4. The maximum absolute atomic E-state index is 13.0. The summed E-state index contributed by atoms with van der Waals surface area (Å²) in [5.74, 6) is -2.23. The van der Waals surface area contributed by atoms with Crippen LogP contribution in [0.4, 0.5) is 0 Å². The lowest BCUT2D eigenvalue weighted by Crippen LogP contribution is -2.58. The Kier molecular flexibility index (Phi) is 15.1. The summed E-state index contributed by atoms with van der Waals surface area (Å²) in [5.41, 5.74) is 1.34. The van der Waals surface area contributed by atoms with Crippen molar-refractivity contribution in [3.63, 3.8) is 0 Å². The number of hydrogen-bond donors (Lipinski definition) is 6. The lowest BCUT2D eigenvalue weighted by Gasteiger charge is -2.26. The minimum atomic E-state index is -1.32. The Balaban J connectivity index is 1.84. The standard InChI is InChI=1S/C31H44N4O6/c1-22-17-18-27(38)32-20-19-25(37)21-26(30(40)33-22)34-31(41)29(23(2)36)35-28(39)16-12-7-5-3-4-6-9-13-24-14-10-8-11-15-24/h5,7-8,10-12,14-18,22-23,25-26,29,36-37H,3-4,6,9,13,19-21H2,1-2H3,(H,32,38)(H,33,40)(H,34,41)(H,35,39)/b7-5+,16-12+,18-17-/t22-,23+,25-,26-,29-/m0/s1. The van der Waals surface area contributed by atoms with E-state index in [1.165, 1.54) is 30.7 Å². The molecule has 6 N–H and O–H groups in total. The fourth-order valence-corrected chi connectivity index (χ4v) is 4.25. The molecule has 224 valence electrons. The van der Waals surface area contributed by atoms with E-state index >= 15 is 0 Å². The van der Waals surface area contributed by atoms with E-state index < -0.39 is 48.1 Å². The molecule has 0 bridgehead atoms. The molecule has 1 aliphatic rings. The van der Waals surface area contributed by atoms with Gasteiger partial charge in [0.2, 0.25) is 23.6 Å². The number of amides is 4. The van der Waals surface area contributed by atoms with Gasteiger partial charge in [0, 0.05) is 31.2 Å². The number of hydrogen-bond acceptors (Lipinski definition) is 6. The average molecular weight is 569 g/mol. The zero-order valence-corrected chi connectivity index (χ0v) is 23.9. The van der Waals surface area contributed by atoms with E-state index in [4.69, 9.17) is 0 Å². The summed E-state index contributed by atoms with van der Waals surface area (Å²) in [6.45, 7) is 3.22. The highest BCUT2D eigenvalue weighted by atomic mass is 16.3. The Morgan fingerprint density at radius 2 is 1.88 bits per heavy atom. The second-order valence-corrected chi connectivity index (χ2v) is 10.3. The summed E-state index contributed by atoms with van der Waals surface area (Å²) in [7, 11) is 0. The number of carbonyl (C=O) groups excluding carboxylic acids is 4. The average Bonchev–Trinajstić information content (AvgIpc) is 2.93. The minimum Gasteiger partial charge on any atom is -0.393 e. The van der Waals surface area contributed by atoms with Gasteiger partial charge >= 0.3 is 0 Å². The predicted molar refractivity (Wildman–Crippen MR) is 157 cm³/mol. The molecule has 1 aliphatic heterocycles. The molecule has 0 spiro atoms. The normalized spacial score (nSPS) is 22.6. The molecule has 0 unspecified atom stereocenters. The fraction of sp³-hybridized carbons (Fsp3) is 0.484. The van der Waals surface area contributed by atoms with Gasteiger partial charge in [-0.05, 0) is 51.5 Å². The van der Waals surface area contributed by atoms with Crippen LogP contribution in [0.5, 0.6) is 0 Å². The van der Waals surface area contributed by atoms with Crippen molar-refractivity contribution in [2.24, 2.45) is 0 Å². The van der Waals surface area contributed by atoms with Gasteiger partial charge in [0.25, 0.3) is 0 Å². The number of aryl methyl sites for hydroxylation is 1. The molecule has 0 saturated carbocycles. The molecule has 0 aliphatic carbocycles. The molecule has 1 aromatic rings. The zero-order valence-electron chi connectivity index (χ0n) is 23.9. The number of nitrogens with one attached hydrogen (secondary N) is 4. The molecule has 4 amide bonds. The molecule has 1 heterocycles. The summed E-state index contributed by atoms with van der Waals surface area (Å²) in [5, 5.41) is 30.8. The van der Waals surface area contributed by atoms with Crippen molar-refractivity contribution in [3.8, 4) is 0 Å².